The van der Waals surface area contributed by atoms with Crippen LogP contribution in [0.15, 0.2) is 24.3 Å². The van der Waals surface area contributed by atoms with Gasteiger partial charge in [-0.1, -0.05) is 12.1 Å². The zero-order valence-corrected chi connectivity index (χ0v) is 8.32. The second kappa shape index (κ2) is 3.89. The predicted molar refractivity (Wildman–Crippen MR) is 54.0 cm³/mol. The minimum atomic E-state index is -0.420. The molecule has 0 radical (unpaired) electrons. The summed E-state index contributed by atoms with van der Waals surface area (Å²) in [4.78, 5) is 0. The van der Waals surface area contributed by atoms with E-state index in [-0.39, 0.29) is 12.4 Å². The molecule has 3 nitrogen and oxygen atoms in total. The van der Waals surface area contributed by atoms with Gasteiger partial charge in [0.25, 0.3) is 0 Å². The molecule has 0 bridgehead atoms. The van der Waals surface area contributed by atoms with Crippen molar-refractivity contribution >= 4 is 0 Å². The van der Waals surface area contributed by atoms with Crippen molar-refractivity contribution in [2.45, 2.75) is 11.5 Å². The molecule has 0 saturated carbocycles. The highest BCUT2D eigenvalue weighted by Crippen LogP contribution is 2.35. The number of halogens is 1. The van der Waals surface area contributed by atoms with Crippen molar-refractivity contribution in [3.63, 3.8) is 0 Å². The highest BCUT2D eigenvalue weighted by Gasteiger charge is 2.45. The normalized spacial score (nSPS) is 20.7. The molecule has 1 aliphatic rings. The first-order valence-corrected chi connectivity index (χ1v) is 4.89. The summed E-state index contributed by atoms with van der Waals surface area (Å²) in [5, 5.41) is 9.09. The monoisotopic (exact) mass is 211 g/mol. The van der Waals surface area contributed by atoms with Gasteiger partial charge in [-0.15, -0.1) is 0 Å². The number of rotatable bonds is 3. The Bertz CT molecular complexity index is 352. The average Bonchev–Trinajstić information content (AvgIpc) is 2.16. The van der Waals surface area contributed by atoms with Crippen LogP contribution >= 0.6 is 0 Å². The standard InChI is InChI=1S/C11H14FNO2/c12-9-3-1-2-8(4-9)11(6-15-7-11)10(13)5-14/h1-4,10,14H,5-7,13H2. The lowest BCUT2D eigenvalue weighted by molar-refractivity contribution is -0.0799. The second-order valence-electron chi connectivity index (χ2n) is 3.95. The van der Waals surface area contributed by atoms with Crippen molar-refractivity contribution in [1.29, 1.82) is 0 Å². The van der Waals surface area contributed by atoms with Crippen LogP contribution in [-0.2, 0) is 10.2 Å². The zero-order chi connectivity index (χ0) is 10.9. The van der Waals surface area contributed by atoms with E-state index in [1.807, 2.05) is 6.07 Å². The molecule has 3 N–H and O–H groups in total. The van der Waals surface area contributed by atoms with E-state index in [2.05, 4.69) is 0 Å². The van der Waals surface area contributed by atoms with E-state index in [4.69, 9.17) is 15.6 Å². The van der Waals surface area contributed by atoms with Gasteiger partial charge in [0, 0.05) is 6.04 Å². The summed E-state index contributed by atoms with van der Waals surface area (Å²) in [5.74, 6) is -0.288. The topological polar surface area (TPSA) is 55.5 Å². The molecule has 4 heteroatoms. The van der Waals surface area contributed by atoms with Crippen LogP contribution in [0.25, 0.3) is 0 Å². The van der Waals surface area contributed by atoms with Gasteiger partial charge in [0.15, 0.2) is 0 Å². The molecule has 15 heavy (non-hydrogen) atoms. The van der Waals surface area contributed by atoms with Gasteiger partial charge in [0.05, 0.1) is 25.2 Å². The Labute approximate surface area is 87.7 Å². The third-order valence-electron chi connectivity index (χ3n) is 3.03. The van der Waals surface area contributed by atoms with Gasteiger partial charge in [0.2, 0.25) is 0 Å². The number of aliphatic hydroxyl groups is 1. The lowest BCUT2D eigenvalue weighted by Gasteiger charge is -2.45. The highest BCUT2D eigenvalue weighted by molar-refractivity contribution is 5.31. The van der Waals surface area contributed by atoms with Crippen molar-refractivity contribution in [2.24, 2.45) is 5.73 Å². The van der Waals surface area contributed by atoms with E-state index >= 15 is 0 Å². The Kier molecular flexibility index (Phi) is 2.73. The lowest BCUT2D eigenvalue weighted by Crippen LogP contribution is -2.60. The highest BCUT2D eigenvalue weighted by atomic mass is 19.1. The Morgan fingerprint density at radius 3 is 2.73 bits per heavy atom. The van der Waals surface area contributed by atoms with Gasteiger partial charge in [-0.05, 0) is 17.7 Å². The van der Waals surface area contributed by atoms with E-state index in [0.29, 0.717) is 13.2 Å². The summed E-state index contributed by atoms with van der Waals surface area (Å²) in [7, 11) is 0. The number of aliphatic hydroxyl groups excluding tert-OH is 1. The summed E-state index contributed by atoms with van der Waals surface area (Å²) in [6.07, 6.45) is 0. The van der Waals surface area contributed by atoms with E-state index in [0.717, 1.165) is 5.56 Å². The van der Waals surface area contributed by atoms with Gasteiger partial charge in [-0.2, -0.15) is 0 Å². The summed E-state index contributed by atoms with van der Waals surface area (Å²) in [6.45, 7) is 0.760. The maximum Gasteiger partial charge on any atom is 0.123 e. The van der Waals surface area contributed by atoms with Gasteiger partial charge < -0.3 is 15.6 Å². The summed E-state index contributed by atoms with van der Waals surface area (Å²) in [6, 6.07) is 5.91. The average molecular weight is 211 g/mol. The molecule has 1 fully saturated rings. The fourth-order valence-electron chi connectivity index (χ4n) is 1.89. The smallest absolute Gasteiger partial charge is 0.123 e. The van der Waals surface area contributed by atoms with Crippen LogP contribution in [0, 0.1) is 5.82 Å². The van der Waals surface area contributed by atoms with Crippen molar-refractivity contribution in [3.05, 3.63) is 35.6 Å². The number of hydrogen-bond acceptors (Lipinski definition) is 3. The lowest BCUT2D eigenvalue weighted by atomic mass is 9.73. The van der Waals surface area contributed by atoms with Crippen molar-refractivity contribution < 1.29 is 14.2 Å². The van der Waals surface area contributed by atoms with Gasteiger partial charge in [-0.25, -0.2) is 4.39 Å². The Morgan fingerprint density at radius 1 is 1.53 bits per heavy atom. The van der Waals surface area contributed by atoms with E-state index in [9.17, 15) is 4.39 Å². The molecule has 2 rings (SSSR count). The Hall–Kier alpha value is -0.970. The second-order valence-corrected chi connectivity index (χ2v) is 3.95. The van der Waals surface area contributed by atoms with Gasteiger partial charge in [-0.3, -0.25) is 0 Å². The molecule has 0 amide bonds. The van der Waals surface area contributed by atoms with Crippen LogP contribution in [0.2, 0.25) is 0 Å². The van der Waals surface area contributed by atoms with Gasteiger partial charge >= 0.3 is 0 Å². The molecule has 1 aromatic rings. The third-order valence-corrected chi connectivity index (χ3v) is 3.03. The predicted octanol–water partition coefficient (Wildman–Crippen LogP) is 0.413. The molecule has 82 valence electrons. The Balaban J connectivity index is 2.34. The van der Waals surface area contributed by atoms with Crippen LogP contribution in [0.5, 0.6) is 0 Å². The molecule has 0 aromatic heterocycles. The van der Waals surface area contributed by atoms with Crippen LogP contribution in [-0.4, -0.2) is 31.0 Å². The van der Waals surface area contributed by atoms with Crippen molar-refractivity contribution in [3.8, 4) is 0 Å². The van der Waals surface area contributed by atoms with E-state index < -0.39 is 11.5 Å². The molecule has 0 spiro atoms. The molecule has 0 aliphatic carbocycles. The molecule has 1 atom stereocenters. The van der Waals surface area contributed by atoms with Crippen LogP contribution in [0.1, 0.15) is 5.56 Å². The largest absolute Gasteiger partial charge is 0.395 e. The molecule has 1 heterocycles. The first-order valence-electron chi connectivity index (χ1n) is 4.89. The van der Waals surface area contributed by atoms with Crippen molar-refractivity contribution in [2.75, 3.05) is 19.8 Å². The zero-order valence-electron chi connectivity index (χ0n) is 8.32. The molecule has 1 saturated heterocycles. The van der Waals surface area contributed by atoms with E-state index in [1.54, 1.807) is 6.07 Å². The number of hydrogen-bond donors (Lipinski definition) is 2. The molecule has 1 aliphatic heterocycles. The molecular weight excluding hydrogens is 197 g/mol. The molecule has 1 unspecified atom stereocenters. The first-order chi connectivity index (χ1) is 7.19. The molecular formula is C11H14FNO2. The fraction of sp³-hybridized carbons (Fsp3) is 0.455. The number of benzene rings is 1. The minimum Gasteiger partial charge on any atom is -0.395 e. The fourth-order valence-corrected chi connectivity index (χ4v) is 1.89. The summed E-state index contributed by atoms with van der Waals surface area (Å²) < 4.78 is 18.2. The summed E-state index contributed by atoms with van der Waals surface area (Å²) >= 11 is 0. The van der Waals surface area contributed by atoms with Crippen LogP contribution in [0.4, 0.5) is 4.39 Å². The number of ether oxygens (including phenoxy) is 1. The molecule has 1 aromatic carbocycles. The SMILES string of the molecule is NC(CO)C1(c2cccc(F)c2)COC1. The summed E-state index contributed by atoms with van der Waals surface area (Å²) in [5.41, 5.74) is 6.22. The Morgan fingerprint density at radius 2 is 2.27 bits per heavy atom. The maximum atomic E-state index is 13.1. The quantitative estimate of drug-likeness (QED) is 0.761. The van der Waals surface area contributed by atoms with Crippen LogP contribution in [0.3, 0.4) is 0 Å². The van der Waals surface area contributed by atoms with Crippen LogP contribution < -0.4 is 5.73 Å². The van der Waals surface area contributed by atoms with Gasteiger partial charge in [0.1, 0.15) is 5.82 Å². The third kappa shape index (κ3) is 1.65. The van der Waals surface area contributed by atoms with E-state index in [1.165, 1.54) is 12.1 Å². The first kappa shape index (κ1) is 10.5. The minimum absolute atomic E-state index is 0.125. The maximum absolute atomic E-state index is 13.1. The van der Waals surface area contributed by atoms with Crippen molar-refractivity contribution in [1.82, 2.24) is 0 Å². The number of nitrogens with two attached hydrogens (primary N) is 1.